The van der Waals surface area contributed by atoms with Gasteiger partial charge in [-0.1, -0.05) is 11.6 Å². The predicted octanol–water partition coefficient (Wildman–Crippen LogP) is 1.80. The normalized spacial score (nSPS) is 24.2. The molecule has 3 rings (SSSR count). The van der Waals surface area contributed by atoms with Crippen LogP contribution in [0.25, 0.3) is 0 Å². The van der Waals surface area contributed by atoms with Crippen molar-refractivity contribution in [2.45, 2.75) is 17.7 Å². The van der Waals surface area contributed by atoms with Gasteiger partial charge in [0.2, 0.25) is 0 Å². The van der Waals surface area contributed by atoms with Gasteiger partial charge in [-0.25, -0.2) is 8.42 Å². The second-order valence-electron chi connectivity index (χ2n) is 6.72. The number of benzene rings is 1. The molecule has 2 fully saturated rings. The quantitative estimate of drug-likeness (QED) is 0.632. The van der Waals surface area contributed by atoms with Gasteiger partial charge < -0.3 is 15.0 Å². The first-order valence-electron chi connectivity index (χ1n) is 8.46. The monoisotopic (exact) mass is 385 g/mol. The average Bonchev–Trinajstić information content (AvgIpc) is 3.22. The molecule has 2 aliphatic heterocycles. The molecule has 2 aliphatic rings. The molecule has 1 spiro atoms. The lowest BCUT2D eigenvalue weighted by Gasteiger charge is -2.24. The highest BCUT2D eigenvalue weighted by atomic mass is 35.5. The summed E-state index contributed by atoms with van der Waals surface area (Å²) in [6, 6.07) is 6.26. The van der Waals surface area contributed by atoms with Crippen molar-refractivity contribution >= 4 is 27.4 Å². The highest BCUT2D eigenvalue weighted by Gasteiger charge is 2.42. The summed E-state index contributed by atoms with van der Waals surface area (Å²) < 4.78 is 30.3. The van der Waals surface area contributed by atoms with E-state index >= 15 is 0 Å². The Labute approximate surface area is 154 Å². The minimum Gasteiger partial charge on any atom is -0.381 e. The van der Waals surface area contributed by atoms with Gasteiger partial charge in [0, 0.05) is 43.7 Å². The van der Waals surface area contributed by atoms with E-state index in [1.165, 1.54) is 12.1 Å². The van der Waals surface area contributed by atoms with Crippen LogP contribution in [-0.2, 0) is 14.6 Å². The van der Waals surface area contributed by atoms with E-state index in [0.29, 0.717) is 11.6 Å². The van der Waals surface area contributed by atoms with E-state index in [-0.39, 0.29) is 16.1 Å². The van der Waals surface area contributed by atoms with Crippen molar-refractivity contribution in [1.82, 2.24) is 10.2 Å². The molecule has 2 saturated heterocycles. The third-order valence-electron chi connectivity index (χ3n) is 4.96. The van der Waals surface area contributed by atoms with Crippen molar-refractivity contribution < 1.29 is 13.2 Å². The van der Waals surface area contributed by atoms with E-state index in [1.54, 1.807) is 19.2 Å². The van der Waals surface area contributed by atoms with Gasteiger partial charge in [-0.2, -0.15) is 0 Å². The molecular weight excluding hydrogens is 362 g/mol. The standard InChI is InChI=1S/C17H24ClN3O3S/c1-19-16(21-9-6-17(12-21)7-10-24-13-17)20-8-11-25(22,23)15-4-2-14(18)3-5-15/h2-5H,6-13H2,1H3,(H,19,20). The lowest BCUT2D eigenvalue weighted by Crippen LogP contribution is -2.43. The van der Waals surface area contributed by atoms with E-state index in [4.69, 9.17) is 16.3 Å². The topological polar surface area (TPSA) is 71.0 Å². The maximum absolute atomic E-state index is 12.4. The zero-order valence-corrected chi connectivity index (χ0v) is 15.9. The van der Waals surface area contributed by atoms with Crippen molar-refractivity contribution in [2.24, 2.45) is 10.4 Å². The van der Waals surface area contributed by atoms with Crippen molar-refractivity contribution in [3.8, 4) is 0 Å². The summed E-state index contributed by atoms with van der Waals surface area (Å²) in [5, 5.41) is 3.71. The van der Waals surface area contributed by atoms with Gasteiger partial charge in [0.1, 0.15) is 0 Å². The van der Waals surface area contributed by atoms with Gasteiger partial charge in [0.25, 0.3) is 0 Å². The van der Waals surface area contributed by atoms with Crippen LogP contribution in [0, 0.1) is 5.41 Å². The molecule has 1 aromatic carbocycles. The van der Waals surface area contributed by atoms with Crippen LogP contribution in [0.2, 0.25) is 5.02 Å². The van der Waals surface area contributed by atoms with Crippen LogP contribution < -0.4 is 5.32 Å². The van der Waals surface area contributed by atoms with Gasteiger partial charge in [0.05, 0.1) is 17.3 Å². The lowest BCUT2D eigenvalue weighted by atomic mass is 9.87. The Bertz CT molecular complexity index is 728. The van der Waals surface area contributed by atoms with Crippen molar-refractivity contribution in [3.05, 3.63) is 29.3 Å². The zero-order chi connectivity index (χ0) is 17.9. The Morgan fingerprint density at radius 3 is 2.76 bits per heavy atom. The molecule has 8 heteroatoms. The second-order valence-corrected chi connectivity index (χ2v) is 9.27. The van der Waals surface area contributed by atoms with Crippen LogP contribution in [0.4, 0.5) is 0 Å². The number of rotatable bonds is 4. The summed E-state index contributed by atoms with van der Waals surface area (Å²) in [6.07, 6.45) is 2.18. The summed E-state index contributed by atoms with van der Waals surface area (Å²) in [5.41, 5.74) is 0.243. The second kappa shape index (κ2) is 7.51. The fourth-order valence-electron chi connectivity index (χ4n) is 3.48. The smallest absolute Gasteiger partial charge is 0.193 e. The number of guanidine groups is 1. The van der Waals surface area contributed by atoms with E-state index in [1.807, 2.05) is 0 Å². The van der Waals surface area contributed by atoms with Crippen LogP contribution in [0.15, 0.2) is 34.2 Å². The first-order valence-corrected chi connectivity index (χ1v) is 10.5. The van der Waals surface area contributed by atoms with Crippen LogP contribution in [0.1, 0.15) is 12.8 Å². The summed E-state index contributed by atoms with van der Waals surface area (Å²) in [5.74, 6) is 0.769. The molecule has 0 radical (unpaired) electrons. The number of ether oxygens (including phenoxy) is 1. The van der Waals surface area contributed by atoms with Gasteiger partial charge >= 0.3 is 0 Å². The van der Waals surface area contributed by atoms with Crippen LogP contribution in [0.5, 0.6) is 0 Å². The summed E-state index contributed by atoms with van der Waals surface area (Å²) in [7, 11) is -1.61. The molecule has 25 heavy (non-hydrogen) atoms. The molecular formula is C17H24ClN3O3S. The first kappa shape index (κ1) is 18.5. The summed E-state index contributed by atoms with van der Waals surface area (Å²) in [6.45, 7) is 3.80. The van der Waals surface area contributed by atoms with E-state index in [2.05, 4.69) is 15.2 Å². The predicted molar refractivity (Wildman–Crippen MR) is 98.9 cm³/mol. The Morgan fingerprint density at radius 1 is 1.36 bits per heavy atom. The lowest BCUT2D eigenvalue weighted by molar-refractivity contribution is 0.156. The molecule has 0 saturated carbocycles. The Balaban J connectivity index is 1.54. The van der Waals surface area contributed by atoms with Gasteiger partial charge in [-0.3, -0.25) is 4.99 Å². The number of likely N-dealkylation sites (tertiary alicyclic amines) is 1. The van der Waals surface area contributed by atoms with Gasteiger partial charge in [-0.05, 0) is 37.1 Å². The average molecular weight is 386 g/mol. The number of nitrogens with zero attached hydrogens (tertiary/aromatic N) is 2. The maximum atomic E-state index is 12.4. The number of hydrogen-bond acceptors (Lipinski definition) is 4. The number of aliphatic imine (C=N–C) groups is 1. The third kappa shape index (κ3) is 4.27. The molecule has 2 heterocycles. The SMILES string of the molecule is CN=C(NCCS(=O)(=O)c1ccc(Cl)cc1)N1CCC2(CCOC2)C1. The maximum Gasteiger partial charge on any atom is 0.193 e. The molecule has 1 aromatic rings. The minimum absolute atomic E-state index is 0.00967. The van der Waals surface area contributed by atoms with Gasteiger partial charge in [0.15, 0.2) is 15.8 Å². The van der Waals surface area contributed by atoms with E-state index in [9.17, 15) is 8.42 Å². The molecule has 0 amide bonds. The number of hydrogen-bond donors (Lipinski definition) is 1. The molecule has 6 nitrogen and oxygen atoms in total. The summed E-state index contributed by atoms with van der Waals surface area (Å²) >= 11 is 5.81. The number of halogens is 1. The molecule has 138 valence electrons. The van der Waals surface area contributed by atoms with Gasteiger partial charge in [-0.15, -0.1) is 0 Å². The largest absolute Gasteiger partial charge is 0.381 e. The summed E-state index contributed by atoms with van der Waals surface area (Å²) in [4.78, 5) is 6.79. The fraction of sp³-hybridized carbons (Fsp3) is 0.588. The zero-order valence-electron chi connectivity index (χ0n) is 14.4. The van der Waals surface area contributed by atoms with E-state index in [0.717, 1.165) is 45.1 Å². The van der Waals surface area contributed by atoms with Crippen molar-refractivity contribution in [1.29, 1.82) is 0 Å². The van der Waals surface area contributed by atoms with Crippen molar-refractivity contribution in [3.63, 3.8) is 0 Å². The molecule has 0 aliphatic carbocycles. The molecule has 1 unspecified atom stereocenters. The van der Waals surface area contributed by atoms with Crippen molar-refractivity contribution in [2.75, 3.05) is 45.6 Å². The number of sulfone groups is 1. The Hall–Kier alpha value is -1.31. The highest BCUT2D eigenvalue weighted by molar-refractivity contribution is 7.91. The molecule has 0 bridgehead atoms. The van der Waals surface area contributed by atoms with Crippen LogP contribution in [0.3, 0.4) is 0 Å². The third-order valence-corrected chi connectivity index (χ3v) is 6.95. The molecule has 0 aromatic heterocycles. The van der Waals surface area contributed by atoms with E-state index < -0.39 is 9.84 Å². The minimum atomic E-state index is -3.34. The fourth-order valence-corrected chi connectivity index (χ4v) is 4.76. The molecule has 1 N–H and O–H groups in total. The Morgan fingerprint density at radius 2 is 2.12 bits per heavy atom. The highest BCUT2D eigenvalue weighted by Crippen LogP contribution is 2.38. The Kier molecular flexibility index (Phi) is 5.55. The molecule has 1 atom stereocenters. The number of nitrogens with one attached hydrogen (secondary N) is 1. The first-order chi connectivity index (χ1) is 11.9. The van der Waals surface area contributed by atoms with Crippen LogP contribution in [-0.4, -0.2) is 64.9 Å². The van der Waals surface area contributed by atoms with Crippen LogP contribution >= 0.6 is 11.6 Å².